The quantitative estimate of drug-likeness (QED) is 0.875. The van der Waals surface area contributed by atoms with Crippen molar-refractivity contribution in [3.63, 3.8) is 0 Å². The van der Waals surface area contributed by atoms with Gasteiger partial charge in [0.25, 0.3) is 5.91 Å². The zero-order valence-electron chi connectivity index (χ0n) is 11.4. The maximum atomic E-state index is 12.2. The highest BCUT2D eigenvalue weighted by molar-refractivity contribution is 7.98. The monoisotopic (exact) mass is 276 g/mol. The van der Waals surface area contributed by atoms with Crippen LogP contribution in [0.5, 0.6) is 0 Å². The molecule has 2 aromatic rings. The van der Waals surface area contributed by atoms with Gasteiger partial charge in [0.2, 0.25) is 5.95 Å². The van der Waals surface area contributed by atoms with Crippen LogP contribution in [-0.4, -0.2) is 26.9 Å². The third-order valence-electron chi connectivity index (χ3n) is 2.98. The number of nitrogens with one attached hydrogen (secondary N) is 1. The van der Waals surface area contributed by atoms with Gasteiger partial charge in [0.1, 0.15) is 0 Å². The minimum absolute atomic E-state index is 0.181. The Kier molecular flexibility index (Phi) is 3.90. The lowest BCUT2D eigenvalue weighted by Gasteiger charge is -2.07. The highest BCUT2D eigenvalue weighted by atomic mass is 32.2. The molecule has 0 bridgehead atoms. The van der Waals surface area contributed by atoms with E-state index in [1.165, 1.54) is 11.8 Å². The molecule has 6 heteroatoms. The predicted octanol–water partition coefficient (Wildman–Crippen LogP) is 2.41. The third-order valence-corrected chi connectivity index (χ3v) is 3.70. The van der Waals surface area contributed by atoms with E-state index < -0.39 is 0 Å². The van der Waals surface area contributed by atoms with Gasteiger partial charge >= 0.3 is 0 Å². The van der Waals surface area contributed by atoms with Gasteiger partial charge in [-0.3, -0.25) is 10.1 Å². The van der Waals surface area contributed by atoms with Crippen molar-refractivity contribution in [3.8, 4) is 0 Å². The average Bonchev–Trinajstić information content (AvgIpc) is 2.72. The first kappa shape index (κ1) is 13.6. The molecular weight excluding hydrogens is 260 g/mol. The van der Waals surface area contributed by atoms with Gasteiger partial charge in [-0.2, -0.15) is 4.98 Å². The maximum absolute atomic E-state index is 12.2. The Balaban J connectivity index is 2.23. The molecule has 0 atom stereocenters. The van der Waals surface area contributed by atoms with Gasteiger partial charge < -0.3 is 0 Å². The number of carbonyl (C=O) groups excluding carboxylic acids is 1. The first-order valence-electron chi connectivity index (χ1n) is 5.85. The molecule has 1 N–H and O–H groups in total. The SMILES string of the molecule is CSc1nc(NC(=O)c2cccc(C)c2C)nn1C. The zero-order valence-corrected chi connectivity index (χ0v) is 12.2. The van der Waals surface area contributed by atoms with Gasteiger partial charge in [-0.05, 0) is 37.3 Å². The van der Waals surface area contributed by atoms with Gasteiger partial charge in [0.15, 0.2) is 5.16 Å². The summed E-state index contributed by atoms with van der Waals surface area (Å²) in [6, 6.07) is 5.66. The summed E-state index contributed by atoms with van der Waals surface area (Å²) >= 11 is 1.48. The van der Waals surface area contributed by atoms with Crippen LogP contribution < -0.4 is 5.32 Å². The summed E-state index contributed by atoms with van der Waals surface area (Å²) in [4.78, 5) is 16.4. The van der Waals surface area contributed by atoms with Crippen molar-refractivity contribution < 1.29 is 4.79 Å². The van der Waals surface area contributed by atoms with E-state index in [0.717, 1.165) is 16.3 Å². The van der Waals surface area contributed by atoms with E-state index >= 15 is 0 Å². The first-order valence-corrected chi connectivity index (χ1v) is 7.08. The molecule has 2 rings (SSSR count). The second kappa shape index (κ2) is 5.44. The molecule has 5 nitrogen and oxygen atoms in total. The van der Waals surface area contributed by atoms with Crippen LogP contribution in [0.3, 0.4) is 0 Å². The molecule has 0 saturated heterocycles. The summed E-state index contributed by atoms with van der Waals surface area (Å²) < 4.78 is 1.64. The van der Waals surface area contributed by atoms with Crippen LogP contribution in [-0.2, 0) is 7.05 Å². The Bertz CT molecular complexity index is 621. The lowest BCUT2D eigenvalue weighted by atomic mass is 10.0. The van der Waals surface area contributed by atoms with E-state index in [1.54, 1.807) is 17.8 Å². The fourth-order valence-electron chi connectivity index (χ4n) is 1.77. The van der Waals surface area contributed by atoms with Crippen LogP contribution in [0.2, 0.25) is 0 Å². The fourth-order valence-corrected chi connectivity index (χ4v) is 2.25. The number of amides is 1. The van der Waals surface area contributed by atoms with Crippen molar-refractivity contribution in [2.75, 3.05) is 11.6 Å². The molecule has 1 aromatic carbocycles. The number of nitrogens with zero attached hydrogens (tertiary/aromatic N) is 3. The van der Waals surface area contributed by atoms with Crippen LogP contribution in [0.25, 0.3) is 0 Å². The summed E-state index contributed by atoms with van der Waals surface area (Å²) in [6.07, 6.45) is 1.92. The molecule has 0 radical (unpaired) electrons. The normalized spacial score (nSPS) is 10.5. The molecule has 0 aliphatic carbocycles. The van der Waals surface area contributed by atoms with Crippen molar-refractivity contribution in [1.29, 1.82) is 0 Å². The van der Waals surface area contributed by atoms with E-state index in [0.29, 0.717) is 11.5 Å². The molecule has 0 saturated carbocycles. The molecule has 1 heterocycles. The molecule has 0 fully saturated rings. The van der Waals surface area contributed by atoms with Gasteiger partial charge in [-0.25, -0.2) is 4.68 Å². The molecule has 1 amide bonds. The number of thioether (sulfide) groups is 1. The highest BCUT2D eigenvalue weighted by Crippen LogP contribution is 2.16. The summed E-state index contributed by atoms with van der Waals surface area (Å²) in [5, 5.41) is 7.64. The summed E-state index contributed by atoms with van der Waals surface area (Å²) in [5.74, 6) is 0.150. The van der Waals surface area contributed by atoms with E-state index in [1.807, 2.05) is 32.2 Å². The van der Waals surface area contributed by atoms with Crippen molar-refractivity contribution in [1.82, 2.24) is 14.8 Å². The predicted molar refractivity (Wildman–Crippen MR) is 76.7 cm³/mol. The number of hydrogen-bond acceptors (Lipinski definition) is 4. The van der Waals surface area contributed by atoms with Crippen LogP contribution in [0.15, 0.2) is 23.4 Å². The van der Waals surface area contributed by atoms with Gasteiger partial charge in [-0.15, -0.1) is 5.10 Å². The topological polar surface area (TPSA) is 59.8 Å². The number of anilines is 1. The van der Waals surface area contributed by atoms with Crippen molar-refractivity contribution >= 4 is 23.6 Å². The van der Waals surface area contributed by atoms with Gasteiger partial charge in [0, 0.05) is 12.6 Å². The molecule has 0 aliphatic heterocycles. The number of benzene rings is 1. The average molecular weight is 276 g/mol. The Morgan fingerprint density at radius 2 is 2.11 bits per heavy atom. The van der Waals surface area contributed by atoms with E-state index in [4.69, 9.17) is 0 Å². The van der Waals surface area contributed by atoms with Crippen molar-refractivity contribution in [2.45, 2.75) is 19.0 Å². The largest absolute Gasteiger partial charge is 0.289 e. The standard InChI is InChI=1S/C13H16N4OS/c1-8-6-5-7-10(9(8)2)11(18)14-12-15-13(19-4)17(3)16-12/h5-7H,1-4H3,(H,14,16,18). The number of rotatable bonds is 3. The molecule has 100 valence electrons. The summed E-state index contributed by atoms with van der Waals surface area (Å²) in [5.41, 5.74) is 2.71. The van der Waals surface area contributed by atoms with Crippen LogP contribution in [0.4, 0.5) is 5.95 Å². The van der Waals surface area contributed by atoms with Crippen LogP contribution >= 0.6 is 11.8 Å². The molecular formula is C13H16N4OS. The maximum Gasteiger partial charge on any atom is 0.258 e. The molecule has 0 unspecified atom stereocenters. The lowest BCUT2D eigenvalue weighted by molar-refractivity contribution is 0.102. The number of aryl methyl sites for hydroxylation is 2. The van der Waals surface area contributed by atoms with Crippen LogP contribution in [0.1, 0.15) is 21.5 Å². The highest BCUT2D eigenvalue weighted by Gasteiger charge is 2.13. The van der Waals surface area contributed by atoms with Crippen molar-refractivity contribution in [3.05, 3.63) is 34.9 Å². The van der Waals surface area contributed by atoms with Crippen LogP contribution in [0, 0.1) is 13.8 Å². The Hall–Kier alpha value is -1.82. The second-order valence-electron chi connectivity index (χ2n) is 4.25. The summed E-state index contributed by atoms with van der Waals surface area (Å²) in [7, 11) is 1.80. The van der Waals surface area contributed by atoms with E-state index in [9.17, 15) is 4.79 Å². The number of carbonyl (C=O) groups is 1. The molecule has 19 heavy (non-hydrogen) atoms. The summed E-state index contributed by atoms with van der Waals surface area (Å²) in [6.45, 7) is 3.92. The Morgan fingerprint density at radius 1 is 1.37 bits per heavy atom. The second-order valence-corrected chi connectivity index (χ2v) is 5.02. The molecule has 0 aliphatic rings. The minimum Gasteiger partial charge on any atom is -0.289 e. The first-order chi connectivity index (χ1) is 9.02. The van der Waals surface area contributed by atoms with Crippen molar-refractivity contribution in [2.24, 2.45) is 7.05 Å². The molecule has 1 aromatic heterocycles. The van der Waals surface area contributed by atoms with Gasteiger partial charge in [0.05, 0.1) is 0 Å². The minimum atomic E-state index is -0.181. The van der Waals surface area contributed by atoms with Gasteiger partial charge in [-0.1, -0.05) is 23.9 Å². The Labute approximate surface area is 116 Å². The Morgan fingerprint density at radius 3 is 2.74 bits per heavy atom. The molecule has 0 spiro atoms. The third kappa shape index (κ3) is 2.78. The van der Waals surface area contributed by atoms with E-state index in [2.05, 4.69) is 15.4 Å². The smallest absolute Gasteiger partial charge is 0.258 e. The fraction of sp³-hybridized carbons (Fsp3) is 0.308. The van der Waals surface area contributed by atoms with E-state index in [-0.39, 0.29) is 5.91 Å². The lowest BCUT2D eigenvalue weighted by Crippen LogP contribution is -2.15. The zero-order chi connectivity index (χ0) is 14.0. The number of hydrogen-bond donors (Lipinski definition) is 1. The number of aromatic nitrogens is 3.